The number of hydrogen-bond acceptors (Lipinski definition) is 3. The third-order valence-corrected chi connectivity index (χ3v) is 3.20. The number of ether oxygens (including phenoxy) is 1. The van der Waals surface area contributed by atoms with Crippen LogP contribution in [0.3, 0.4) is 0 Å². The molecular weight excluding hydrogens is 341 g/mol. The predicted molar refractivity (Wildman–Crippen MR) is 80.5 cm³/mol. The van der Waals surface area contributed by atoms with Gasteiger partial charge in [0.1, 0.15) is 18.5 Å². The van der Waals surface area contributed by atoms with Crippen LogP contribution in [0.5, 0.6) is 5.75 Å². The van der Waals surface area contributed by atoms with E-state index in [0.717, 1.165) is 14.9 Å². The highest BCUT2D eigenvalue weighted by Crippen LogP contribution is 2.19. The lowest BCUT2D eigenvalue weighted by molar-refractivity contribution is 0.108. The van der Waals surface area contributed by atoms with Crippen molar-refractivity contribution >= 4 is 28.3 Å². The topological polar surface area (TPSA) is 55.5 Å². The number of benzene rings is 2. The molecular formula is C14H14INO2. The highest BCUT2D eigenvalue weighted by molar-refractivity contribution is 14.1. The van der Waals surface area contributed by atoms with Crippen molar-refractivity contribution in [1.82, 2.24) is 0 Å². The minimum absolute atomic E-state index is 0.226. The van der Waals surface area contributed by atoms with Crippen LogP contribution < -0.4 is 10.5 Å². The third kappa shape index (κ3) is 3.61. The smallest absolute Gasteiger partial charge is 0.120 e. The molecule has 18 heavy (non-hydrogen) atoms. The van der Waals surface area contributed by atoms with Gasteiger partial charge in [0.15, 0.2) is 0 Å². The quantitative estimate of drug-likeness (QED) is 0.655. The maximum Gasteiger partial charge on any atom is 0.120 e. The van der Waals surface area contributed by atoms with Crippen molar-refractivity contribution < 1.29 is 9.84 Å². The summed E-state index contributed by atoms with van der Waals surface area (Å²) in [7, 11) is 0. The zero-order valence-electron chi connectivity index (χ0n) is 9.71. The van der Waals surface area contributed by atoms with Gasteiger partial charge in [-0.2, -0.15) is 0 Å². The van der Waals surface area contributed by atoms with E-state index in [0.29, 0.717) is 5.69 Å². The SMILES string of the molecule is Nc1ccc(C(O)COc2cccc(I)c2)cc1. The summed E-state index contributed by atoms with van der Waals surface area (Å²) in [6, 6.07) is 14.9. The number of anilines is 1. The summed E-state index contributed by atoms with van der Waals surface area (Å²) in [5.41, 5.74) is 7.08. The second-order valence-corrected chi connectivity index (χ2v) is 5.20. The zero-order valence-corrected chi connectivity index (χ0v) is 11.9. The first-order valence-corrected chi connectivity index (χ1v) is 6.65. The lowest BCUT2D eigenvalue weighted by Gasteiger charge is -2.13. The Hall–Kier alpha value is -1.27. The van der Waals surface area contributed by atoms with Crippen LogP contribution in [-0.4, -0.2) is 11.7 Å². The Morgan fingerprint density at radius 3 is 2.56 bits per heavy atom. The van der Waals surface area contributed by atoms with Crippen LogP contribution in [0.4, 0.5) is 5.69 Å². The van der Waals surface area contributed by atoms with Crippen molar-refractivity contribution in [2.45, 2.75) is 6.10 Å². The van der Waals surface area contributed by atoms with Crippen molar-refractivity contribution in [1.29, 1.82) is 0 Å². The van der Waals surface area contributed by atoms with E-state index in [1.165, 1.54) is 0 Å². The van der Waals surface area contributed by atoms with Gasteiger partial charge in [-0.25, -0.2) is 0 Å². The normalized spacial score (nSPS) is 12.1. The van der Waals surface area contributed by atoms with Gasteiger partial charge in [-0.05, 0) is 58.5 Å². The number of nitrogens with two attached hydrogens (primary N) is 1. The van der Waals surface area contributed by atoms with E-state index < -0.39 is 6.10 Å². The van der Waals surface area contributed by atoms with E-state index in [-0.39, 0.29) is 6.61 Å². The standard InChI is InChI=1S/C14H14INO2/c15-11-2-1-3-13(8-11)18-9-14(17)10-4-6-12(16)7-5-10/h1-8,14,17H,9,16H2. The molecule has 0 saturated heterocycles. The van der Waals surface area contributed by atoms with Gasteiger partial charge < -0.3 is 15.6 Å². The van der Waals surface area contributed by atoms with Crippen LogP contribution in [0.15, 0.2) is 48.5 Å². The van der Waals surface area contributed by atoms with E-state index in [2.05, 4.69) is 22.6 Å². The summed E-state index contributed by atoms with van der Waals surface area (Å²) in [5.74, 6) is 0.761. The van der Waals surface area contributed by atoms with Gasteiger partial charge in [0.05, 0.1) is 0 Å². The zero-order chi connectivity index (χ0) is 13.0. The number of nitrogen functional groups attached to an aromatic ring is 1. The second kappa shape index (κ2) is 6.06. The molecule has 2 aromatic rings. The molecule has 0 saturated carbocycles. The number of rotatable bonds is 4. The average Bonchev–Trinajstić information content (AvgIpc) is 2.37. The second-order valence-electron chi connectivity index (χ2n) is 3.95. The Balaban J connectivity index is 1.96. The molecule has 2 rings (SSSR count). The Labute approximate surface area is 120 Å². The molecule has 3 nitrogen and oxygen atoms in total. The fraction of sp³-hybridized carbons (Fsp3) is 0.143. The Kier molecular flexibility index (Phi) is 4.43. The number of aliphatic hydroxyl groups excluding tert-OH is 1. The Morgan fingerprint density at radius 1 is 1.17 bits per heavy atom. The molecule has 0 aliphatic heterocycles. The predicted octanol–water partition coefficient (Wildman–Crippen LogP) is 2.99. The fourth-order valence-corrected chi connectivity index (χ4v) is 2.06. The van der Waals surface area contributed by atoms with Crippen molar-refractivity contribution in [3.8, 4) is 5.75 Å². The van der Waals surface area contributed by atoms with Crippen molar-refractivity contribution in [2.24, 2.45) is 0 Å². The third-order valence-electron chi connectivity index (χ3n) is 2.53. The summed E-state index contributed by atoms with van der Waals surface area (Å²) < 4.78 is 6.65. The van der Waals surface area contributed by atoms with E-state index in [1.54, 1.807) is 24.3 Å². The van der Waals surface area contributed by atoms with Gasteiger partial charge >= 0.3 is 0 Å². The van der Waals surface area contributed by atoms with Gasteiger partial charge in [0.2, 0.25) is 0 Å². The van der Waals surface area contributed by atoms with Crippen LogP contribution >= 0.6 is 22.6 Å². The van der Waals surface area contributed by atoms with E-state index in [9.17, 15) is 5.11 Å². The van der Waals surface area contributed by atoms with E-state index >= 15 is 0 Å². The van der Waals surface area contributed by atoms with Gasteiger partial charge in [0, 0.05) is 9.26 Å². The minimum Gasteiger partial charge on any atom is -0.490 e. The molecule has 1 atom stereocenters. The van der Waals surface area contributed by atoms with Crippen LogP contribution in [0.1, 0.15) is 11.7 Å². The molecule has 0 aliphatic carbocycles. The molecule has 3 N–H and O–H groups in total. The largest absolute Gasteiger partial charge is 0.490 e. The summed E-state index contributed by atoms with van der Waals surface area (Å²) in [5, 5.41) is 9.97. The van der Waals surface area contributed by atoms with Crippen LogP contribution in [0.25, 0.3) is 0 Å². The molecule has 0 aromatic heterocycles. The van der Waals surface area contributed by atoms with E-state index in [1.807, 2.05) is 24.3 Å². The van der Waals surface area contributed by atoms with Crippen LogP contribution in [0.2, 0.25) is 0 Å². The molecule has 0 amide bonds. The number of aliphatic hydroxyl groups is 1. The Morgan fingerprint density at radius 2 is 1.89 bits per heavy atom. The molecule has 2 aromatic carbocycles. The molecule has 0 heterocycles. The highest BCUT2D eigenvalue weighted by atomic mass is 127. The van der Waals surface area contributed by atoms with Crippen LogP contribution in [-0.2, 0) is 0 Å². The highest BCUT2D eigenvalue weighted by Gasteiger charge is 2.08. The van der Waals surface area contributed by atoms with Gasteiger partial charge in [0.25, 0.3) is 0 Å². The lowest BCUT2D eigenvalue weighted by atomic mass is 10.1. The maximum absolute atomic E-state index is 9.97. The first-order valence-electron chi connectivity index (χ1n) is 5.57. The molecule has 0 fully saturated rings. The first kappa shape index (κ1) is 13.2. The molecule has 4 heteroatoms. The van der Waals surface area contributed by atoms with Crippen molar-refractivity contribution in [3.05, 3.63) is 57.7 Å². The molecule has 0 aliphatic rings. The molecule has 0 radical (unpaired) electrons. The van der Waals surface area contributed by atoms with Gasteiger partial charge in [-0.3, -0.25) is 0 Å². The lowest BCUT2D eigenvalue weighted by Crippen LogP contribution is -2.09. The molecule has 1 unspecified atom stereocenters. The first-order chi connectivity index (χ1) is 8.65. The van der Waals surface area contributed by atoms with Gasteiger partial charge in [-0.15, -0.1) is 0 Å². The van der Waals surface area contributed by atoms with Crippen molar-refractivity contribution in [2.75, 3.05) is 12.3 Å². The van der Waals surface area contributed by atoms with E-state index in [4.69, 9.17) is 10.5 Å². The molecule has 0 bridgehead atoms. The van der Waals surface area contributed by atoms with Crippen molar-refractivity contribution in [3.63, 3.8) is 0 Å². The number of hydrogen-bond donors (Lipinski definition) is 2. The fourth-order valence-electron chi connectivity index (χ4n) is 1.55. The van der Waals surface area contributed by atoms with Crippen LogP contribution in [0, 0.1) is 3.57 Å². The summed E-state index contributed by atoms with van der Waals surface area (Å²) in [6.45, 7) is 0.226. The monoisotopic (exact) mass is 355 g/mol. The summed E-state index contributed by atoms with van der Waals surface area (Å²) in [4.78, 5) is 0. The summed E-state index contributed by atoms with van der Waals surface area (Å²) >= 11 is 2.22. The molecule has 94 valence electrons. The average molecular weight is 355 g/mol. The maximum atomic E-state index is 9.97. The molecule has 0 spiro atoms. The van der Waals surface area contributed by atoms with Gasteiger partial charge in [-0.1, -0.05) is 18.2 Å². The summed E-state index contributed by atoms with van der Waals surface area (Å²) in [6.07, 6.45) is -0.650. The Bertz CT molecular complexity index is 513. The number of halogens is 1. The minimum atomic E-state index is -0.650.